The average molecular weight is 472 g/mol. The van der Waals surface area contributed by atoms with Gasteiger partial charge in [-0.15, -0.1) is 11.3 Å². The molecule has 2 amide bonds. The Balaban J connectivity index is 1.40. The van der Waals surface area contributed by atoms with E-state index in [1.807, 2.05) is 36.4 Å². The number of benzene rings is 1. The SMILES string of the molecule is CCC(C)NC(=O)CN1CCN(C(=O)c2cc3c(C)nn(Cc4ccc(F)cc4)c3s2)CC1. The number of hydrogen-bond donors (Lipinski definition) is 1. The lowest BCUT2D eigenvalue weighted by molar-refractivity contribution is -0.123. The third kappa shape index (κ3) is 5.42. The molecule has 1 aromatic carbocycles. The van der Waals surface area contributed by atoms with Crippen LogP contribution in [-0.4, -0.2) is 70.2 Å². The molecule has 33 heavy (non-hydrogen) atoms. The molecule has 1 fully saturated rings. The normalized spacial score (nSPS) is 15.7. The third-order valence-electron chi connectivity index (χ3n) is 6.11. The van der Waals surface area contributed by atoms with Gasteiger partial charge in [-0.3, -0.25) is 19.2 Å². The molecule has 1 aliphatic rings. The summed E-state index contributed by atoms with van der Waals surface area (Å²) in [6, 6.07) is 8.49. The number of aromatic nitrogens is 2. The molecule has 1 saturated heterocycles. The summed E-state index contributed by atoms with van der Waals surface area (Å²) in [5.41, 5.74) is 1.83. The van der Waals surface area contributed by atoms with Crippen LogP contribution in [0.25, 0.3) is 10.2 Å². The number of carbonyl (C=O) groups excluding carboxylic acids is 2. The number of nitrogens with zero attached hydrogens (tertiary/aromatic N) is 4. The number of rotatable bonds is 7. The van der Waals surface area contributed by atoms with Crippen molar-refractivity contribution < 1.29 is 14.0 Å². The summed E-state index contributed by atoms with van der Waals surface area (Å²) in [7, 11) is 0. The first-order valence-electron chi connectivity index (χ1n) is 11.4. The Labute approximate surface area is 197 Å². The maximum absolute atomic E-state index is 13.2. The van der Waals surface area contributed by atoms with E-state index in [1.165, 1.54) is 23.5 Å². The largest absolute Gasteiger partial charge is 0.353 e. The fraction of sp³-hybridized carbons (Fsp3) is 0.458. The van der Waals surface area contributed by atoms with Crippen molar-refractivity contribution in [3.8, 4) is 0 Å². The molecule has 3 aromatic rings. The molecule has 0 spiro atoms. The van der Waals surface area contributed by atoms with Gasteiger partial charge in [-0.2, -0.15) is 5.10 Å². The highest BCUT2D eigenvalue weighted by Gasteiger charge is 2.26. The van der Waals surface area contributed by atoms with Gasteiger partial charge < -0.3 is 10.2 Å². The molecule has 7 nitrogen and oxygen atoms in total. The van der Waals surface area contributed by atoms with Crippen molar-refractivity contribution in [3.05, 3.63) is 52.3 Å². The van der Waals surface area contributed by atoms with E-state index >= 15 is 0 Å². The maximum Gasteiger partial charge on any atom is 0.264 e. The van der Waals surface area contributed by atoms with Crippen LogP contribution in [0.3, 0.4) is 0 Å². The lowest BCUT2D eigenvalue weighted by atomic mass is 10.2. The average Bonchev–Trinajstić information content (AvgIpc) is 3.36. The van der Waals surface area contributed by atoms with Crippen molar-refractivity contribution >= 4 is 33.4 Å². The fourth-order valence-electron chi connectivity index (χ4n) is 3.98. The van der Waals surface area contributed by atoms with Crippen LogP contribution in [0.5, 0.6) is 0 Å². The zero-order valence-electron chi connectivity index (χ0n) is 19.3. The molecule has 1 N–H and O–H groups in total. The number of hydrogen-bond acceptors (Lipinski definition) is 5. The van der Waals surface area contributed by atoms with E-state index in [1.54, 1.807) is 12.1 Å². The second-order valence-corrected chi connectivity index (χ2v) is 9.67. The van der Waals surface area contributed by atoms with Gasteiger partial charge in [0.05, 0.1) is 23.7 Å². The summed E-state index contributed by atoms with van der Waals surface area (Å²) in [4.78, 5) is 30.9. The number of halogens is 1. The first-order valence-corrected chi connectivity index (χ1v) is 12.2. The van der Waals surface area contributed by atoms with Crippen LogP contribution in [0.4, 0.5) is 4.39 Å². The Kier molecular flexibility index (Phi) is 7.09. The Morgan fingerprint density at radius 3 is 2.55 bits per heavy atom. The second-order valence-electron chi connectivity index (χ2n) is 8.64. The Morgan fingerprint density at radius 2 is 1.88 bits per heavy atom. The molecule has 0 aliphatic carbocycles. The molecular weight excluding hydrogens is 441 g/mol. The van der Waals surface area contributed by atoms with Crippen LogP contribution >= 0.6 is 11.3 Å². The van der Waals surface area contributed by atoms with Gasteiger partial charge in [-0.05, 0) is 44.0 Å². The van der Waals surface area contributed by atoms with E-state index in [9.17, 15) is 14.0 Å². The van der Waals surface area contributed by atoms with Gasteiger partial charge in [0.15, 0.2) is 0 Å². The van der Waals surface area contributed by atoms with Crippen molar-refractivity contribution in [2.75, 3.05) is 32.7 Å². The number of nitrogens with one attached hydrogen (secondary N) is 1. The monoisotopic (exact) mass is 471 g/mol. The predicted molar refractivity (Wildman–Crippen MR) is 128 cm³/mol. The van der Waals surface area contributed by atoms with Gasteiger partial charge in [0, 0.05) is 37.6 Å². The summed E-state index contributed by atoms with van der Waals surface area (Å²) in [6.07, 6.45) is 0.907. The van der Waals surface area contributed by atoms with Crippen LogP contribution < -0.4 is 5.32 Å². The number of amides is 2. The minimum Gasteiger partial charge on any atom is -0.353 e. The molecule has 1 aliphatic heterocycles. The van der Waals surface area contributed by atoms with Gasteiger partial charge in [-0.25, -0.2) is 4.39 Å². The third-order valence-corrected chi connectivity index (χ3v) is 7.25. The van der Waals surface area contributed by atoms with Gasteiger partial charge in [0.25, 0.3) is 5.91 Å². The van der Waals surface area contributed by atoms with Gasteiger partial charge in [0.1, 0.15) is 10.6 Å². The Morgan fingerprint density at radius 1 is 1.18 bits per heavy atom. The lowest BCUT2D eigenvalue weighted by Gasteiger charge is -2.34. The van der Waals surface area contributed by atoms with Crippen LogP contribution in [0, 0.1) is 12.7 Å². The Bertz CT molecular complexity index is 1130. The van der Waals surface area contributed by atoms with Gasteiger partial charge in [-0.1, -0.05) is 19.1 Å². The van der Waals surface area contributed by atoms with Crippen LogP contribution in [0.2, 0.25) is 0 Å². The zero-order valence-corrected chi connectivity index (χ0v) is 20.1. The molecule has 0 radical (unpaired) electrons. The number of carbonyl (C=O) groups is 2. The van der Waals surface area contributed by atoms with E-state index in [0.717, 1.165) is 27.9 Å². The first kappa shape index (κ1) is 23.4. The highest BCUT2D eigenvalue weighted by atomic mass is 32.1. The summed E-state index contributed by atoms with van der Waals surface area (Å²) in [5.74, 6) is -0.205. The Hall–Kier alpha value is -2.78. The van der Waals surface area contributed by atoms with E-state index in [2.05, 4.69) is 15.3 Å². The molecule has 1 atom stereocenters. The second kappa shape index (κ2) is 10.0. The minimum atomic E-state index is -0.263. The summed E-state index contributed by atoms with van der Waals surface area (Å²) >= 11 is 1.45. The lowest BCUT2D eigenvalue weighted by Crippen LogP contribution is -2.51. The highest BCUT2D eigenvalue weighted by molar-refractivity contribution is 7.20. The van der Waals surface area contributed by atoms with Gasteiger partial charge >= 0.3 is 0 Å². The van der Waals surface area contributed by atoms with Crippen LogP contribution in [-0.2, 0) is 11.3 Å². The molecule has 4 rings (SSSR count). The van der Waals surface area contributed by atoms with E-state index in [4.69, 9.17) is 0 Å². The first-order chi connectivity index (χ1) is 15.8. The molecule has 176 valence electrons. The van der Waals surface area contributed by atoms with Crippen molar-refractivity contribution in [2.24, 2.45) is 0 Å². The molecule has 0 bridgehead atoms. The van der Waals surface area contributed by atoms with Gasteiger partial charge in [0.2, 0.25) is 5.91 Å². The number of aryl methyl sites for hydroxylation is 1. The number of piperazine rings is 1. The quantitative estimate of drug-likeness (QED) is 0.574. The highest BCUT2D eigenvalue weighted by Crippen LogP contribution is 2.30. The molecule has 2 aromatic heterocycles. The van der Waals surface area contributed by atoms with Crippen LogP contribution in [0.1, 0.15) is 41.2 Å². The number of fused-ring (bicyclic) bond motifs is 1. The van der Waals surface area contributed by atoms with Crippen molar-refractivity contribution in [2.45, 2.75) is 39.8 Å². The van der Waals surface area contributed by atoms with E-state index in [0.29, 0.717) is 44.1 Å². The number of thiophene rings is 1. The van der Waals surface area contributed by atoms with Crippen LogP contribution in [0.15, 0.2) is 30.3 Å². The van der Waals surface area contributed by atoms with Crippen molar-refractivity contribution in [1.29, 1.82) is 0 Å². The smallest absolute Gasteiger partial charge is 0.264 e. The summed E-state index contributed by atoms with van der Waals surface area (Å²) in [6.45, 7) is 9.45. The zero-order chi connectivity index (χ0) is 23.5. The molecule has 9 heteroatoms. The standard InChI is InChI=1S/C24H30FN5O2S/c1-4-16(2)26-22(31)15-28-9-11-29(12-10-28)23(32)21-13-20-17(3)27-30(24(20)33-21)14-18-5-7-19(25)8-6-18/h5-8,13,16H,4,9-12,14-15H2,1-3H3,(H,26,31). The van der Waals surface area contributed by atoms with Crippen molar-refractivity contribution in [3.63, 3.8) is 0 Å². The van der Waals surface area contributed by atoms with E-state index < -0.39 is 0 Å². The molecule has 3 heterocycles. The topological polar surface area (TPSA) is 70.5 Å². The van der Waals surface area contributed by atoms with E-state index in [-0.39, 0.29) is 23.7 Å². The fourth-order valence-corrected chi connectivity index (χ4v) is 5.11. The molecular formula is C24H30FN5O2S. The molecule has 0 saturated carbocycles. The molecule has 1 unspecified atom stereocenters. The summed E-state index contributed by atoms with van der Waals surface area (Å²) < 4.78 is 15.1. The minimum absolute atomic E-state index is 0.0210. The maximum atomic E-state index is 13.2. The summed E-state index contributed by atoms with van der Waals surface area (Å²) in [5, 5.41) is 8.58. The predicted octanol–water partition coefficient (Wildman–Crippen LogP) is 3.27. The van der Waals surface area contributed by atoms with Crippen molar-refractivity contribution in [1.82, 2.24) is 24.9 Å².